The molecule has 6 heteroatoms. The van der Waals surface area contributed by atoms with Crippen LogP contribution in [0.3, 0.4) is 0 Å². The van der Waals surface area contributed by atoms with Crippen molar-refractivity contribution in [3.05, 3.63) is 24.5 Å². The third-order valence-electron chi connectivity index (χ3n) is 3.07. The molecule has 0 aromatic carbocycles. The third-order valence-corrected chi connectivity index (χ3v) is 4.08. The molecular formula is C13H22ClN3OS. The highest BCUT2D eigenvalue weighted by Crippen LogP contribution is 2.15. The second-order valence-electron chi connectivity index (χ2n) is 4.32. The van der Waals surface area contributed by atoms with E-state index in [2.05, 4.69) is 10.3 Å². The minimum absolute atomic E-state index is 0. The van der Waals surface area contributed by atoms with Gasteiger partial charge in [0.05, 0.1) is 5.75 Å². The van der Waals surface area contributed by atoms with E-state index in [0.717, 1.165) is 17.7 Å². The SMILES string of the molecule is CCC(N)(CC)CNC(=O)CSc1ccncc1.Cl. The Bertz CT molecular complexity index is 371. The summed E-state index contributed by atoms with van der Waals surface area (Å²) in [5.41, 5.74) is 5.84. The normalized spacial score (nSPS) is 10.7. The average molecular weight is 304 g/mol. The number of halogens is 1. The highest BCUT2D eigenvalue weighted by atomic mass is 35.5. The number of carbonyl (C=O) groups is 1. The van der Waals surface area contributed by atoms with Gasteiger partial charge in [-0.15, -0.1) is 24.2 Å². The molecule has 1 amide bonds. The quantitative estimate of drug-likeness (QED) is 0.758. The van der Waals surface area contributed by atoms with Crippen molar-refractivity contribution in [2.24, 2.45) is 5.73 Å². The van der Waals surface area contributed by atoms with E-state index in [1.165, 1.54) is 11.8 Å². The van der Waals surface area contributed by atoms with Gasteiger partial charge in [-0.25, -0.2) is 0 Å². The van der Waals surface area contributed by atoms with Crippen molar-refractivity contribution in [2.45, 2.75) is 37.1 Å². The minimum Gasteiger partial charge on any atom is -0.354 e. The van der Waals surface area contributed by atoms with Crippen molar-refractivity contribution in [1.82, 2.24) is 10.3 Å². The summed E-state index contributed by atoms with van der Waals surface area (Å²) in [7, 11) is 0. The van der Waals surface area contributed by atoms with E-state index in [-0.39, 0.29) is 23.9 Å². The molecular weight excluding hydrogens is 282 g/mol. The van der Waals surface area contributed by atoms with E-state index in [0.29, 0.717) is 12.3 Å². The zero-order chi connectivity index (χ0) is 13.4. The molecule has 0 unspecified atom stereocenters. The molecule has 4 nitrogen and oxygen atoms in total. The second-order valence-corrected chi connectivity index (χ2v) is 5.37. The molecule has 108 valence electrons. The van der Waals surface area contributed by atoms with E-state index >= 15 is 0 Å². The molecule has 1 aromatic rings. The summed E-state index contributed by atoms with van der Waals surface area (Å²) in [6, 6.07) is 3.78. The Labute approximate surface area is 125 Å². The van der Waals surface area contributed by atoms with Gasteiger partial charge in [-0.05, 0) is 25.0 Å². The van der Waals surface area contributed by atoms with Gasteiger partial charge in [0, 0.05) is 29.4 Å². The largest absolute Gasteiger partial charge is 0.354 e. The first-order chi connectivity index (χ1) is 8.59. The fraction of sp³-hybridized carbons (Fsp3) is 0.538. The number of nitrogens with two attached hydrogens (primary N) is 1. The number of carbonyl (C=O) groups excluding carboxylic acids is 1. The van der Waals surface area contributed by atoms with Crippen LogP contribution in [0.2, 0.25) is 0 Å². The van der Waals surface area contributed by atoms with E-state index < -0.39 is 0 Å². The second kappa shape index (κ2) is 9.18. The van der Waals surface area contributed by atoms with Crippen LogP contribution in [-0.2, 0) is 4.79 Å². The third kappa shape index (κ3) is 6.80. The van der Waals surface area contributed by atoms with Gasteiger partial charge >= 0.3 is 0 Å². The van der Waals surface area contributed by atoms with Crippen LogP contribution in [0.25, 0.3) is 0 Å². The average Bonchev–Trinajstić information content (AvgIpc) is 2.43. The van der Waals surface area contributed by atoms with E-state index in [1.54, 1.807) is 12.4 Å². The van der Waals surface area contributed by atoms with Crippen LogP contribution in [0.5, 0.6) is 0 Å². The lowest BCUT2D eigenvalue weighted by molar-refractivity contribution is -0.118. The molecule has 0 aliphatic rings. The molecule has 0 saturated carbocycles. The van der Waals surface area contributed by atoms with Crippen LogP contribution in [0, 0.1) is 0 Å². The molecule has 0 saturated heterocycles. The smallest absolute Gasteiger partial charge is 0.230 e. The predicted molar refractivity (Wildman–Crippen MR) is 82.7 cm³/mol. The first-order valence-corrected chi connectivity index (χ1v) is 7.16. The van der Waals surface area contributed by atoms with E-state index in [4.69, 9.17) is 5.73 Å². The zero-order valence-corrected chi connectivity index (χ0v) is 13.0. The molecule has 3 N–H and O–H groups in total. The molecule has 0 aliphatic carbocycles. The molecule has 0 fully saturated rings. The van der Waals surface area contributed by atoms with Gasteiger partial charge in [0.25, 0.3) is 0 Å². The Morgan fingerprint density at radius 2 is 1.95 bits per heavy atom. The topological polar surface area (TPSA) is 68.0 Å². The summed E-state index contributed by atoms with van der Waals surface area (Å²) in [5, 5.41) is 2.89. The molecule has 19 heavy (non-hydrogen) atoms. The molecule has 0 radical (unpaired) electrons. The Hall–Kier alpha value is -0.780. The van der Waals surface area contributed by atoms with Crippen molar-refractivity contribution >= 4 is 30.1 Å². The number of thioether (sulfide) groups is 1. The van der Waals surface area contributed by atoms with Crippen LogP contribution in [-0.4, -0.2) is 28.7 Å². The van der Waals surface area contributed by atoms with Crippen molar-refractivity contribution in [3.8, 4) is 0 Å². The fourth-order valence-corrected chi connectivity index (χ4v) is 2.12. The number of amides is 1. The summed E-state index contributed by atoms with van der Waals surface area (Å²) >= 11 is 1.50. The summed E-state index contributed by atoms with van der Waals surface area (Å²) in [6.45, 7) is 4.62. The van der Waals surface area contributed by atoms with Gasteiger partial charge in [-0.3, -0.25) is 9.78 Å². The van der Waals surface area contributed by atoms with E-state index in [1.807, 2.05) is 26.0 Å². The first-order valence-electron chi connectivity index (χ1n) is 6.18. The summed E-state index contributed by atoms with van der Waals surface area (Å²) in [5.74, 6) is 0.432. The molecule has 0 spiro atoms. The first kappa shape index (κ1) is 18.2. The number of nitrogens with one attached hydrogen (secondary N) is 1. The summed E-state index contributed by atoms with van der Waals surface area (Å²) in [4.78, 5) is 16.7. The van der Waals surface area contributed by atoms with Crippen LogP contribution < -0.4 is 11.1 Å². The maximum atomic E-state index is 11.7. The lowest BCUT2D eigenvalue weighted by Gasteiger charge is -2.26. The summed E-state index contributed by atoms with van der Waals surface area (Å²) in [6.07, 6.45) is 5.17. The lowest BCUT2D eigenvalue weighted by atomic mass is 9.94. The van der Waals surface area contributed by atoms with Gasteiger partial charge in [-0.1, -0.05) is 13.8 Å². The van der Waals surface area contributed by atoms with Crippen LogP contribution in [0.15, 0.2) is 29.4 Å². The highest BCUT2D eigenvalue weighted by Gasteiger charge is 2.20. The Morgan fingerprint density at radius 3 is 2.47 bits per heavy atom. The molecule has 0 atom stereocenters. The maximum Gasteiger partial charge on any atom is 0.230 e. The van der Waals surface area contributed by atoms with Crippen molar-refractivity contribution in [2.75, 3.05) is 12.3 Å². The Morgan fingerprint density at radius 1 is 1.37 bits per heavy atom. The van der Waals surface area contributed by atoms with Crippen LogP contribution in [0.4, 0.5) is 0 Å². The lowest BCUT2D eigenvalue weighted by Crippen LogP contribution is -2.49. The number of aromatic nitrogens is 1. The molecule has 0 bridgehead atoms. The fourth-order valence-electron chi connectivity index (χ4n) is 1.41. The van der Waals surface area contributed by atoms with Gasteiger partial charge in [-0.2, -0.15) is 0 Å². The molecule has 1 heterocycles. The van der Waals surface area contributed by atoms with Crippen molar-refractivity contribution in [1.29, 1.82) is 0 Å². The number of pyridine rings is 1. The summed E-state index contributed by atoms with van der Waals surface area (Å²) < 4.78 is 0. The van der Waals surface area contributed by atoms with Crippen molar-refractivity contribution in [3.63, 3.8) is 0 Å². The number of rotatable bonds is 7. The van der Waals surface area contributed by atoms with Crippen molar-refractivity contribution < 1.29 is 4.79 Å². The van der Waals surface area contributed by atoms with Gasteiger partial charge in [0.2, 0.25) is 5.91 Å². The number of nitrogens with zero attached hydrogens (tertiary/aromatic N) is 1. The predicted octanol–water partition coefficient (Wildman–Crippen LogP) is 2.23. The van der Waals surface area contributed by atoms with E-state index in [9.17, 15) is 4.79 Å². The molecule has 1 aromatic heterocycles. The number of hydrogen-bond acceptors (Lipinski definition) is 4. The monoisotopic (exact) mass is 303 g/mol. The maximum absolute atomic E-state index is 11.7. The Balaban J connectivity index is 0.00000324. The van der Waals surface area contributed by atoms with Gasteiger partial charge < -0.3 is 11.1 Å². The van der Waals surface area contributed by atoms with Crippen LogP contribution in [0.1, 0.15) is 26.7 Å². The van der Waals surface area contributed by atoms with Crippen LogP contribution >= 0.6 is 24.2 Å². The highest BCUT2D eigenvalue weighted by molar-refractivity contribution is 8.00. The minimum atomic E-state index is -0.281. The van der Waals surface area contributed by atoms with Gasteiger partial charge in [0.15, 0.2) is 0 Å². The number of hydrogen-bond donors (Lipinski definition) is 2. The zero-order valence-electron chi connectivity index (χ0n) is 11.4. The van der Waals surface area contributed by atoms with Gasteiger partial charge in [0.1, 0.15) is 0 Å². The molecule has 0 aliphatic heterocycles. The molecule has 1 rings (SSSR count). The Kier molecular flexibility index (Phi) is 8.80. The standard InChI is InChI=1S/C13H21N3OS.ClH/c1-3-13(14,4-2)10-16-12(17)9-18-11-5-7-15-8-6-11;/h5-8H,3-4,9-10,14H2,1-2H3,(H,16,17);1H.